The van der Waals surface area contributed by atoms with E-state index in [4.69, 9.17) is 5.11 Å². The van der Waals surface area contributed by atoms with Crippen LogP contribution in [0, 0.1) is 5.41 Å². The molecule has 2 fully saturated rings. The Morgan fingerprint density at radius 1 is 1.50 bits per heavy atom. The maximum atomic E-state index is 12.1. The van der Waals surface area contributed by atoms with Gasteiger partial charge < -0.3 is 15.3 Å². The lowest BCUT2D eigenvalue weighted by atomic mass is 9.84. The maximum Gasteiger partial charge on any atom is 0.245 e. The molecule has 0 aromatic carbocycles. The highest BCUT2D eigenvalue weighted by atomic mass is 16.2. The molecule has 0 bridgehead atoms. The van der Waals surface area contributed by atoms with Gasteiger partial charge in [0.2, 0.25) is 11.8 Å². The van der Waals surface area contributed by atoms with Crippen LogP contribution in [0.3, 0.4) is 0 Å². The highest BCUT2D eigenvalue weighted by Gasteiger charge is 2.35. The van der Waals surface area contributed by atoms with Crippen molar-refractivity contribution >= 4 is 11.8 Å². The summed E-state index contributed by atoms with van der Waals surface area (Å²) >= 11 is 0. The van der Waals surface area contributed by atoms with Crippen molar-refractivity contribution in [1.29, 1.82) is 0 Å². The molecule has 2 N–H and O–H groups in total. The van der Waals surface area contributed by atoms with Crippen LogP contribution in [0.15, 0.2) is 0 Å². The first-order valence-corrected chi connectivity index (χ1v) is 6.51. The third kappa shape index (κ3) is 3.70. The normalized spacial score (nSPS) is 26.1. The van der Waals surface area contributed by atoms with E-state index in [1.165, 1.54) is 6.42 Å². The fourth-order valence-electron chi connectivity index (χ4n) is 2.63. The first kappa shape index (κ1) is 15.0. The third-order valence-electron chi connectivity index (χ3n) is 3.51. The van der Waals surface area contributed by atoms with Gasteiger partial charge in [-0.15, -0.1) is 0 Å². The van der Waals surface area contributed by atoms with E-state index in [-0.39, 0.29) is 24.7 Å². The van der Waals surface area contributed by atoms with Crippen LogP contribution >= 0.6 is 0 Å². The molecular weight excluding hydrogens is 232 g/mol. The number of nitrogens with one attached hydrogen (secondary N) is 1. The van der Waals surface area contributed by atoms with Crippen molar-refractivity contribution in [2.24, 2.45) is 5.41 Å². The largest absolute Gasteiger partial charge is 0.400 e. The Kier molecular flexibility index (Phi) is 5.14. The zero-order chi connectivity index (χ0) is 13.8. The molecule has 106 valence electrons. The van der Waals surface area contributed by atoms with Crippen molar-refractivity contribution in [2.75, 3.05) is 20.2 Å². The van der Waals surface area contributed by atoms with Gasteiger partial charge in [0.1, 0.15) is 6.04 Å². The van der Waals surface area contributed by atoms with Crippen molar-refractivity contribution in [3.63, 3.8) is 0 Å². The summed E-state index contributed by atoms with van der Waals surface area (Å²) in [4.78, 5) is 25.1. The zero-order valence-electron chi connectivity index (χ0n) is 11.5. The highest BCUT2D eigenvalue weighted by Crippen LogP contribution is 2.29. The van der Waals surface area contributed by atoms with Crippen LogP contribution in [0.1, 0.15) is 41.0 Å². The number of carbonyl (C=O) groups is 2. The molecule has 2 amide bonds. The molecule has 0 aromatic heterocycles. The van der Waals surface area contributed by atoms with Gasteiger partial charge in [0, 0.05) is 28.0 Å². The van der Waals surface area contributed by atoms with Gasteiger partial charge in [0.05, 0.1) is 0 Å². The molecule has 0 spiro atoms. The number of carbonyl (C=O) groups excluding carboxylic acids is 2. The molecule has 2 rings (SSSR count). The van der Waals surface area contributed by atoms with Crippen LogP contribution in [0.5, 0.6) is 0 Å². The highest BCUT2D eigenvalue weighted by molar-refractivity contribution is 5.90. The van der Waals surface area contributed by atoms with Crippen molar-refractivity contribution < 1.29 is 16.1 Å². The molecule has 2 aliphatic heterocycles. The number of aliphatic hydroxyl groups is 1. The van der Waals surface area contributed by atoms with Gasteiger partial charge in [-0.25, -0.2) is 0 Å². The molecule has 0 radical (unpaired) electrons. The molecule has 2 saturated heterocycles. The van der Waals surface area contributed by atoms with Gasteiger partial charge >= 0.3 is 0 Å². The summed E-state index contributed by atoms with van der Waals surface area (Å²) in [5.74, 6) is 0.119. The number of hydrogen-bond acceptors (Lipinski definition) is 3. The molecule has 0 unspecified atom stereocenters. The molecule has 5 heteroatoms. The Bertz CT molecular complexity index is 321. The SMILES string of the molecule is CC1(C)CCCN(C(=O)[C@@H]2CCC(=O)N2)C1.CO.[HH]. The predicted molar refractivity (Wildman–Crippen MR) is 71.0 cm³/mol. The van der Waals surface area contributed by atoms with E-state index in [1.54, 1.807) is 0 Å². The lowest BCUT2D eigenvalue weighted by molar-refractivity contribution is -0.137. The second-order valence-corrected chi connectivity index (χ2v) is 5.69. The number of amides is 2. The lowest BCUT2D eigenvalue weighted by Crippen LogP contribution is -2.50. The van der Waals surface area contributed by atoms with Gasteiger partial charge in [-0.05, 0) is 24.7 Å². The first-order chi connectivity index (χ1) is 8.48. The van der Waals surface area contributed by atoms with Crippen molar-refractivity contribution in [1.82, 2.24) is 10.2 Å². The van der Waals surface area contributed by atoms with E-state index in [9.17, 15) is 9.59 Å². The average Bonchev–Trinajstić information content (AvgIpc) is 2.76. The van der Waals surface area contributed by atoms with Crippen molar-refractivity contribution in [2.45, 2.75) is 45.6 Å². The summed E-state index contributed by atoms with van der Waals surface area (Å²) in [5, 5.41) is 9.75. The summed E-state index contributed by atoms with van der Waals surface area (Å²) in [7, 11) is 1.00. The smallest absolute Gasteiger partial charge is 0.245 e. The van der Waals surface area contributed by atoms with Crippen molar-refractivity contribution in [3.05, 3.63) is 0 Å². The molecule has 0 saturated carbocycles. The minimum atomic E-state index is -0.263. The Morgan fingerprint density at radius 3 is 2.67 bits per heavy atom. The second kappa shape index (κ2) is 6.18. The number of hydrogen-bond donors (Lipinski definition) is 2. The van der Waals surface area contributed by atoms with Gasteiger partial charge in [0.15, 0.2) is 0 Å². The number of piperidine rings is 1. The monoisotopic (exact) mass is 258 g/mol. The van der Waals surface area contributed by atoms with Gasteiger partial charge in [0.25, 0.3) is 0 Å². The molecule has 2 heterocycles. The van der Waals surface area contributed by atoms with Gasteiger partial charge in [-0.2, -0.15) is 0 Å². The average molecular weight is 258 g/mol. The Hall–Kier alpha value is -1.10. The summed E-state index contributed by atoms with van der Waals surface area (Å²) in [6, 6.07) is -0.263. The summed E-state index contributed by atoms with van der Waals surface area (Å²) in [5.41, 5.74) is 0.219. The first-order valence-electron chi connectivity index (χ1n) is 6.51. The van der Waals surface area contributed by atoms with Gasteiger partial charge in [-0.3, -0.25) is 9.59 Å². The molecule has 1 atom stereocenters. The molecule has 2 aliphatic rings. The van der Waals surface area contributed by atoms with Gasteiger partial charge in [-0.1, -0.05) is 13.8 Å². The summed E-state index contributed by atoms with van der Waals surface area (Å²) in [6.07, 6.45) is 3.40. The zero-order valence-corrected chi connectivity index (χ0v) is 11.5. The van der Waals surface area contributed by atoms with E-state index in [0.717, 1.165) is 26.6 Å². The number of nitrogens with zero attached hydrogens (tertiary/aromatic N) is 1. The minimum Gasteiger partial charge on any atom is -0.400 e. The van der Waals surface area contributed by atoms with E-state index >= 15 is 0 Å². The molecule has 0 aromatic rings. The molecule has 5 nitrogen and oxygen atoms in total. The van der Waals surface area contributed by atoms with E-state index < -0.39 is 0 Å². The number of rotatable bonds is 1. The van der Waals surface area contributed by atoms with E-state index in [2.05, 4.69) is 19.2 Å². The topological polar surface area (TPSA) is 69.6 Å². The van der Waals surface area contributed by atoms with Crippen LogP contribution in [0.4, 0.5) is 0 Å². The third-order valence-corrected chi connectivity index (χ3v) is 3.51. The predicted octanol–water partition coefficient (Wildman–Crippen LogP) is 0.768. The summed E-state index contributed by atoms with van der Waals surface area (Å²) in [6.45, 7) is 6.05. The second-order valence-electron chi connectivity index (χ2n) is 5.69. The minimum absolute atomic E-state index is 0. The van der Waals surface area contributed by atoms with Crippen LogP contribution in [-0.4, -0.2) is 48.1 Å². The van der Waals surface area contributed by atoms with Crippen LogP contribution in [0.2, 0.25) is 0 Å². The molecule has 0 aliphatic carbocycles. The Balaban J connectivity index is 0.00000103. The lowest BCUT2D eigenvalue weighted by Gasteiger charge is -2.39. The summed E-state index contributed by atoms with van der Waals surface area (Å²) < 4.78 is 0. The number of likely N-dealkylation sites (tertiary alicyclic amines) is 1. The quantitative estimate of drug-likeness (QED) is 0.730. The van der Waals surface area contributed by atoms with Crippen molar-refractivity contribution in [3.8, 4) is 0 Å². The van der Waals surface area contributed by atoms with Crippen LogP contribution < -0.4 is 5.32 Å². The molecule has 18 heavy (non-hydrogen) atoms. The van der Waals surface area contributed by atoms with Crippen LogP contribution in [-0.2, 0) is 9.59 Å². The maximum absolute atomic E-state index is 12.1. The standard InChI is InChI=1S/C12H20N2O2.CH4O.H2/c1-12(2)6-3-7-14(8-12)11(16)9-4-5-10(15)13-9;1-2;/h9H,3-8H2,1-2H3,(H,13,15);2H,1H3;1H/t9-;;/m0../s1. The van der Waals surface area contributed by atoms with Crippen LogP contribution in [0.25, 0.3) is 0 Å². The molecular formula is C13H26N2O3. The van der Waals surface area contributed by atoms with E-state index in [1.807, 2.05) is 4.90 Å². The number of aliphatic hydroxyl groups excluding tert-OH is 1. The fourth-order valence-corrected chi connectivity index (χ4v) is 2.63. The van der Waals surface area contributed by atoms with E-state index in [0.29, 0.717) is 12.8 Å². The fraction of sp³-hybridized carbons (Fsp3) is 0.846. The Morgan fingerprint density at radius 2 is 2.17 bits per heavy atom. The Labute approximate surface area is 110 Å².